The van der Waals surface area contributed by atoms with Crippen molar-refractivity contribution in [1.82, 2.24) is 4.57 Å². The van der Waals surface area contributed by atoms with Crippen LogP contribution in [0.4, 0.5) is 0 Å². The van der Waals surface area contributed by atoms with Crippen LogP contribution in [-0.4, -0.2) is 30.7 Å². The summed E-state index contributed by atoms with van der Waals surface area (Å²) in [4.78, 5) is 23.4. The third-order valence-corrected chi connectivity index (χ3v) is 2.90. The number of carbonyl (C=O) groups is 2. The molecule has 0 aliphatic carbocycles. The fourth-order valence-corrected chi connectivity index (χ4v) is 1.92. The second-order valence-corrected chi connectivity index (χ2v) is 4.13. The maximum Gasteiger partial charge on any atom is 0.337 e. The first-order valence-corrected chi connectivity index (χ1v) is 6.00. The molecule has 0 saturated carbocycles. The Morgan fingerprint density at radius 1 is 1.10 bits per heavy atom. The summed E-state index contributed by atoms with van der Waals surface area (Å²) in [6, 6.07) is 9.82. The number of nitrogens with zero attached hydrogens (tertiary/aromatic N) is 2. The molecule has 0 N–H and O–H groups in total. The number of benzene rings is 1. The number of aromatic nitrogens is 1. The number of esters is 2. The van der Waals surface area contributed by atoms with Crippen molar-refractivity contribution in [3.63, 3.8) is 0 Å². The summed E-state index contributed by atoms with van der Waals surface area (Å²) in [7, 11) is 2.51. The van der Waals surface area contributed by atoms with Crippen molar-refractivity contribution in [1.29, 1.82) is 5.26 Å². The number of hydrogen-bond donors (Lipinski definition) is 0. The Labute approximate surface area is 121 Å². The summed E-state index contributed by atoms with van der Waals surface area (Å²) in [5, 5.41) is 9.06. The van der Waals surface area contributed by atoms with Crippen molar-refractivity contribution in [2.45, 2.75) is 0 Å². The Kier molecular flexibility index (Phi) is 4.05. The van der Waals surface area contributed by atoms with Gasteiger partial charge in [0.1, 0.15) is 11.8 Å². The van der Waals surface area contributed by atoms with Crippen LogP contribution in [0.2, 0.25) is 0 Å². The van der Waals surface area contributed by atoms with Gasteiger partial charge in [0.2, 0.25) is 0 Å². The smallest absolute Gasteiger partial charge is 0.337 e. The van der Waals surface area contributed by atoms with E-state index in [9.17, 15) is 9.59 Å². The van der Waals surface area contributed by atoms with Gasteiger partial charge in [-0.25, -0.2) is 9.59 Å². The van der Waals surface area contributed by atoms with Gasteiger partial charge in [-0.1, -0.05) is 0 Å². The summed E-state index contributed by atoms with van der Waals surface area (Å²) >= 11 is 0. The summed E-state index contributed by atoms with van der Waals surface area (Å²) in [5.74, 6) is -1.15. The Balaban J connectivity index is 2.63. The van der Waals surface area contributed by atoms with E-state index in [1.54, 1.807) is 35.0 Å². The minimum atomic E-state index is -0.576. The van der Waals surface area contributed by atoms with Crippen LogP contribution in [0.15, 0.2) is 36.5 Å². The molecule has 1 aromatic carbocycles. The molecule has 0 saturated heterocycles. The number of carbonyl (C=O) groups excluding carboxylic acids is 2. The third kappa shape index (κ3) is 2.77. The van der Waals surface area contributed by atoms with E-state index in [-0.39, 0.29) is 11.1 Å². The van der Waals surface area contributed by atoms with Crippen LogP contribution >= 0.6 is 0 Å². The van der Waals surface area contributed by atoms with Crippen LogP contribution in [0, 0.1) is 11.3 Å². The fourth-order valence-electron chi connectivity index (χ4n) is 1.92. The van der Waals surface area contributed by atoms with Crippen LogP contribution in [0.5, 0.6) is 0 Å². The first kappa shape index (κ1) is 14.3. The first-order chi connectivity index (χ1) is 10.1. The van der Waals surface area contributed by atoms with E-state index in [2.05, 4.69) is 9.47 Å². The van der Waals surface area contributed by atoms with Crippen molar-refractivity contribution in [3.05, 3.63) is 53.3 Å². The van der Waals surface area contributed by atoms with Crippen LogP contribution in [-0.2, 0) is 9.47 Å². The number of nitriles is 1. The number of methoxy groups -OCH3 is 2. The number of ether oxygens (including phenoxy) is 2. The molecule has 106 valence electrons. The first-order valence-electron chi connectivity index (χ1n) is 6.00. The zero-order valence-corrected chi connectivity index (χ0v) is 11.5. The second-order valence-electron chi connectivity index (χ2n) is 4.13. The van der Waals surface area contributed by atoms with Gasteiger partial charge in [-0.15, -0.1) is 0 Å². The third-order valence-electron chi connectivity index (χ3n) is 2.90. The van der Waals surface area contributed by atoms with Gasteiger partial charge in [0, 0.05) is 11.9 Å². The molecule has 0 aliphatic heterocycles. The summed E-state index contributed by atoms with van der Waals surface area (Å²) in [5.41, 5.74) is 1.29. The average Bonchev–Trinajstić information content (AvgIpc) is 3.01. The molecule has 0 aliphatic rings. The average molecular weight is 284 g/mol. The van der Waals surface area contributed by atoms with Gasteiger partial charge >= 0.3 is 11.9 Å². The molecule has 0 amide bonds. The SMILES string of the molecule is COC(=O)c1cc(C(=O)OC)cc(-n2cccc2C#N)c1. The zero-order chi connectivity index (χ0) is 15.4. The predicted octanol–water partition coefficient (Wildman–Crippen LogP) is 1.92. The minimum Gasteiger partial charge on any atom is -0.465 e. The molecule has 2 rings (SSSR count). The molecule has 0 radical (unpaired) electrons. The lowest BCUT2D eigenvalue weighted by Gasteiger charge is -2.09. The molecular weight excluding hydrogens is 272 g/mol. The molecule has 1 heterocycles. The summed E-state index contributed by atoms with van der Waals surface area (Å²) < 4.78 is 10.9. The van der Waals surface area contributed by atoms with E-state index in [0.717, 1.165) is 0 Å². The highest BCUT2D eigenvalue weighted by atomic mass is 16.5. The summed E-state index contributed by atoms with van der Waals surface area (Å²) in [6.07, 6.45) is 1.66. The van der Waals surface area contributed by atoms with Gasteiger partial charge in [-0.2, -0.15) is 5.26 Å². The van der Waals surface area contributed by atoms with E-state index in [1.165, 1.54) is 20.3 Å². The quantitative estimate of drug-likeness (QED) is 0.804. The van der Waals surface area contributed by atoms with E-state index in [1.807, 2.05) is 6.07 Å². The Morgan fingerprint density at radius 3 is 2.14 bits per heavy atom. The summed E-state index contributed by atoms with van der Waals surface area (Å²) in [6.45, 7) is 0. The van der Waals surface area contributed by atoms with Crippen molar-refractivity contribution >= 4 is 11.9 Å². The monoisotopic (exact) mass is 284 g/mol. The van der Waals surface area contributed by atoms with Gasteiger partial charge in [-0.05, 0) is 30.3 Å². The lowest BCUT2D eigenvalue weighted by Crippen LogP contribution is -2.09. The lowest BCUT2D eigenvalue weighted by molar-refractivity contribution is 0.0599. The molecule has 0 fully saturated rings. The largest absolute Gasteiger partial charge is 0.465 e. The van der Waals surface area contributed by atoms with Gasteiger partial charge < -0.3 is 14.0 Å². The van der Waals surface area contributed by atoms with E-state index < -0.39 is 11.9 Å². The highest BCUT2D eigenvalue weighted by Gasteiger charge is 2.15. The van der Waals surface area contributed by atoms with Gasteiger partial charge in [0.05, 0.1) is 25.3 Å². The van der Waals surface area contributed by atoms with Crippen molar-refractivity contribution < 1.29 is 19.1 Å². The highest BCUT2D eigenvalue weighted by molar-refractivity contribution is 5.96. The van der Waals surface area contributed by atoms with Gasteiger partial charge in [0.25, 0.3) is 0 Å². The normalized spacial score (nSPS) is 9.76. The Bertz CT molecular complexity index is 706. The van der Waals surface area contributed by atoms with Crippen molar-refractivity contribution in [2.24, 2.45) is 0 Å². The minimum absolute atomic E-state index is 0.202. The van der Waals surface area contributed by atoms with Crippen LogP contribution in [0.3, 0.4) is 0 Å². The van der Waals surface area contributed by atoms with Crippen molar-refractivity contribution in [2.75, 3.05) is 14.2 Å². The highest BCUT2D eigenvalue weighted by Crippen LogP contribution is 2.18. The van der Waals surface area contributed by atoms with Gasteiger partial charge in [-0.3, -0.25) is 0 Å². The molecule has 0 atom stereocenters. The maximum atomic E-state index is 11.7. The zero-order valence-electron chi connectivity index (χ0n) is 11.5. The molecule has 6 heteroatoms. The Hall–Kier alpha value is -3.07. The van der Waals surface area contributed by atoms with Crippen LogP contribution in [0.25, 0.3) is 5.69 Å². The fraction of sp³-hybridized carbons (Fsp3) is 0.133. The number of hydrogen-bond acceptors (Lipinski definition) is 5. The molecule has 21 heavy (non-hydrogen) atoms. The molecule has 2 aromatic rings. The second kappa shape index (κ2) is 5.92. The molecule has 0 bridgehead atoms. The molecule has 0 unspecified atom stereocenters. The van der Waals surface area contributed by atoms with E-state index in [4.69, 9.17) is 5.26 Å². The predicted molar refractivity (Wildman–Crippen MR) is 73.2 cm³/mol. The maximum absolute atomic E-state index is 11.7. The molecule has 1 aromatic heterocycles. The molecular formula is C15H12N2O4. The molecule has 6 nitrogen and oxygen atoms in total. The van der Waals surface area contributed by atoms with Crippen LogP contribution in [0.1, 0.15) is 26.4 Å². The number of rotatable bonds is 3. The molecule has 0 spiro atoms. The standard InChI is InChI=1S/C15H12N2O4/c1-20-14(18)10-6-11(15(19)21-2)8-13(7-10)17-5-3-4-12(17)9-16/h3-8H,1-2H3. The van der Waals surface area contributed by atoms with Crippen molar-refractivity contribution in [3.8, 4) is 11.8 Å². The van der Waals surface area contributed by atoms with Gasteiger partial charge in [0.15, 0.2) is 0 Å². The topological polar surface area (TPSA) is 81.3 Å². The van der Waals surface area contributed by atoms with E-state index in [0.29, 0.717) is 11.4 Å². The van der Waals surface area contributed by atoms with E-state index >= 15 is 0 Å². The Morgan fingerprint density at radius 2 is 1.67 bits per heavy atom. The lowest BCUT2D eigenvalue weighted by atomic mass is 10.1. The van der Waals surface area contributed by atoms with Crippen LogP contribution < -0.4 is 0 Å².